The van der Waals surface area contributed by atoms with Crippen LogP contribution >= 0.6 is 0 Å². The molecule has 0 saturated carbocycles. The summed E-state index contributed by atoms with van der Waals surface area (Å²) in [6.45, 7) is 10.5. The summed E-state index contributed by atoms with van der Waals surface area (Å²) in [6, 6.07) is 2.15. The lowest BCUT2D eigenvalue weighted by atomic mass is 10.0. The van der Waals surface area contributed by atoms with Gasteiger partial charge in [0.25, 0.3) is 0 Å². The molecular formula is C14H22N2O2. The predicted molar refractivity (Wildman–Crippen MR) is 71.5 cm³/mol. The molecule has 0 bridgehead atoms. The zero-order valence-corrected chi connectivity index (χ0v) is 11.8. The summed E-state index contributed by atoms with van der Waals surface area (Å²) in [5, 5.41) is 3.17. The lowest BCUT2D eigenvalue weighted by Gasteiger charge is -2.18. The van der Waals surface area contributed by atoms with Gasteiger partial charge in [-0.1, -0.05) is 0 Å². The van der Waals surface area contributed by atoms with Crippen LogP contribution in [0.25, 0.3) is 0 Å². The summed E-state index contributed by atoms with van der Waals surface area (Å²) in [5.41, 5.74) is 4.39. The first-order valence-electron chi connectivity index (χ1n) is 6.29. The molecule has 0 radical (unpaired) electrons. The van der Waals surface area contributed by atoms with Gasteiger partial charge in [0.2, 0.25) is 0 Å². The zero-order valence-electron chi connectivity index (χ0n) is 11.8. The monoisotopic (exact) mass is 250 g/mol. The molecule has 4 heteroatoms. The van der Waals surface area contributed by atoms with E-state index in [0.29, 0.717) is 6.61 Å². The molecule has 0 aromatic carbocycles. The van der Waals surface area contributed by atoms with Crippen LogP contribution in [0.3, 0.4) is 0 Å². The van der Waals surface area contributed by atoms with E-state index in [4.69, 9.17) is 4.74 Å². The maximum Gasteiger partial charge on any atom is 0.319 e. The van der Waals surface area contributed by atoms with Crippen molar-refractivity contribution in [2.24, 2.45) is 0 Å². The molecule has 1 heterocycles. The maximum atomic E-state index is 11.3. The number of rotatable bonds is 5. The van der Waals surface area contributed by atoms with Crippen molar-refractivity contribution in [2.45, 2.75) is 40.7 Å². The predicted octanol–water partition coefficient (Wildman–Crippen LogP) is 2.22. The topological polar surface area (TPSA) is 51.2 Å². The summed E-state index contributed by atoms with van der Waals surface area (Å²) in [6.07, 6.45) is 0. The Kier molecular flexibility index (Phi) is 5.28. The third-order valence-corrected chi connectivity index (χ3v) is 2.88. The first kappa shape index (κ1) is 14.6. The molecule has 0 aliphatic rings. The van der Waals surface area contributed by atoms with E-state index in [1.54, 1.807) is 6.92 Å². The van der Waals surface area contributed by atoms with Gasteiger partial charge in [-0.05, 0) is 51.8 Å². The van der Waals surface area contributed by atoms with Crippen LogP contribution in [-0.2, 0) is 9.53 Å². The first-order chi connectivity index (χ1) is 8.45. The summed E-state index contributed by atoms with van der Waals surface area (Å²) >= 11 is 0. The number of ether oxygens (including phenoxy) is 1. The van der Waals surface area contributed by atoms with Gasteiger partial charge in [0, 0.05) is 17.4 Å². The molecule has 1 unspecified atom stereocenters. The second kappa shape index (κ2) is 6.50. The van der Waals surface area contributed by atoms with Crippen LogP contribution in [-0.4, -0.2) is 24.1 Å². The van der Waals surface area contributed by atoms with Gasteiger partial charge in [0.1, 0.15) is 0 Å². The maximum absolute atomic E-state index is 11.3. The number of carbonyl (C=O) groups is 1. The minimum atomic E-state index is -0.222. The highest BCUT2D eigenvalue weighted by Crippen LogP contribution is 2.20. The minimum absolute atomic E-state index is 0.0857. The molecule has 0 amide bonds. The highest BCUT2D eigenvalue weighted by atomic mass is 16.5. The van der Waals surface area contributed by atoms with E-state index in [-0.39, 0.29) is 18.6 Å². The van der Waals surface area contributed by atoms with E-state index in [0.717, 1.165) is 17.0 Å². The van der Waals surface area contributed by atoms with Gasteiger partial charge in [-0.15, -0.1) is 0 Å². The van der Waals surface area contributed by atoms with Crippen molar-refractivity contribution in [3.63, 3.8) is 0 Å². The molecular weight excluding hydrogens is 228 g/mol. The van der Waals surface area contributed by atoms with E-state index in [2.05, 4.69) is 23.3 Å². The van der Waals surface area contributed by atoms with Crippen molar-refractivity contribution in [3.8, 4) is 0 Å². The van der Waals surface area contributed by atoms with E-state index < -0.39 is 0 Å². The highest BCUT2D eigenvalue weighted by molar-refractivity contribution is 5.71. The summed E-state index contributed by atoms with van der Waals surface area (Å²) < 4.78 is 4.89. The van der Waals surface area contributed by atoms with E-state index in [1.165, 1.54) is 5.56 Å². The number of hydrogen-bond acceptors (Lipinski definition) is 4. The van der Waals surface area contributed by atoms with Gasteiger partial charge in [-0.2, -0.15) is 0 Å². The number of esters is 1. The second-order valence-electron chi connectivity index (χ2n) is 4.49. The Morgan fingerprint density at radius 1 is 1.44 bits per heavy atom. The SMILES string of the molecule is CCOC(=O)CNC(C)c1c(C)cc(C)nc1C. The van der Waals surface area contributed by atoms with Crippen molar-refractivity contribution in [1.82, 2.24) is 10.3 Å². The Morgan fingerprint density at radius 3 is 2.67 bits per heavy atom. The van der Waals surface area contributed by atoms with Crippen LogP contribution in [0.15, 0.2) is 6.07 Å². The van der Waals surface area contributed by atoms with Crippen molar-refractivity contribution in [1.29, 1.82) is 0 Å². The van der Waals surface area contributed by atoms with E-state index in [1.807, 2.05) is 20.8 Å². The molecule has 0 spiro atoms. The Balaban J connectivity index is 2.73. The number of nitrogens with one attached hydrogen (secondary N) is 1. The quantitative estimate of drug-likeness (QED) is 0.814. The second-order valence-corrected chi connectivity index (χ2v) is 4.49. The molecule has 1 rings (SSSR count). The number of aryl methyl sites for hydroxylation is 3. The third kappa shape index (κ3) is 3.81. The lowest BCUT2D eigenvalue weighted by Crippen LogP contribution is -2.28. The number of carbonyl (C=O) groups excluding carboxylic acids is 1. The fraction of sp³-hybridized carbons (Fsp3) is 0.571. The van der Waals surface area contributed by atoms with Gasteiger partial charge in [0.05, 0.1) is 13.2 Å². The molecule has 1 aromatic heterocycles. The molecule has 4 nitrogen and oxygen atoms in total. The minimum Gasteiger partial charge on any atom is -0.465 e. The van der Waals surface area contributed by atoms with Gasteiger partial charge in [-0.25, -0.2) is 0 Å². The average Bonchev–Trinajstić information content (AvgIpc) is 2.25. The number of hydrogen-bond donors (Lipinski definition) is 1. The number of pyridine rings is 1. The fourth-order valence-electron chi connectivity index (χ4n) is 2.24. The summed E-state index contributed by atoms with van der Waals surface area (Å²) in [4.78, 5) is 15.8. The lowest BCUT2D eigenvalue weighted by molar-refractivity contribution is -0.142. The Hall–Kier alpha value is -1.42. The largest absolute Gasteiger partial charge is 0.465 e. The van der Waals surface area contributed by atoms with Crippen molar-refractivity contribution < 1.29 is 9.53 Å². The van der Waals surface area contributed by atoms with Crippen LogP contribution in [0.5, 0.6) is 0 Å². The molecule has 100 valence electrons. The number of nitrogens with zero attached hydrogens (tertiary/aromatic N) is 1. The van der Waals surface area contributed by atoms with Gasteiger partial charge >= 0.3 is 5.97 Å². The van der Waals surface area contributed by atoms with Crippen molar-refractivity contribution in [3.05, 3.63) is 28.6 Å². The molecule has 0 saturated heterocycles. The Bertz CT molecular complexity index is 407. The molecule has 1 atom stereocenters. The van der Waals surface area contributed by atoms with Crippen LogP contribution < -0.4 is 5.32 Å². The normalized spacial score (nSPS) is 12.3. The van der Waals surface area contributed by atoms with Crippen LogP contribution in [0.2, 0.25) is 0 Å². The smallest absolute Gasteiger partial charge is 0.319 e. The van der Waals surface area contributed by atoms with Gasteiger partial charge in [-0.3, -0.25) is 9.78 Å². The molecule has 0 aliphatic carbocycles. The fourth-order valence-corrected chi connectivity index (χ4v) is 2.24. The molecule has 0 aliphatic heterocycles. The zero-order chi connectivity index (χ0) is 13.7. The van der Waals surface area contributed by atoms with Crippen molar-refractivity contribution in [2.75, 3.05) is 13.2 Å². The molecule has 1 N–H and O–H groups in total. The van der Waals surface area contributed by atoms with Crippen LogP contribution in [0.1, 0.15) is 42.4 Å². The summed E-state index contributed by atoms with van der Waals surface area (Å²) in [5.74, 6) is -0.222. The van der Waals surface area contributed by atoms with Gasteiger partial charge in [0.15, 0.2) is 0 Å². The molecule has 18 heavy (non-hydrogen) atoms. The van der Waals surface area contributed by atoms with E-state index in [9.17, 15) is 4.79 Å². The summed E-state index contributed by atoms with van der Waals surface area (Å²) in [7, 11) is 0. The standard InChI is InChI=1S/C14H22N2O2/c1-6-18-13(17)8-15-11(4)14-9(2)7-10(3)16-12(14)5/h7,11,15H,6,8H2,1-5H3. The Labute approximate surface area is 109 Å². The molecule has 1 aromatic rings. The number of aromatic nitrogens is 1. The van der Waals surface area contributed by atoms with Gasteiger partial charge < -0.3 is 10.1 Å². The highest BCUT2D eigenvalue weighted by Gasteiger charge is 2.14. The average molecular weight is 250 g/mol. The molecule has 0 fully saturated rings. The third-order valence-electron chi connectivity index (χ3n) is 2.88. The Morgan fingerprint density at radius 2 is 2.11 bits per heavy atom. The van der Waals surface area contributed by atoms with E-state index >= 15 is 0 Å². The van der Waals surface area contributed by atoms with Crippen LogP contribution in [0, 0.1) is 20.8 Å². The first-order valence-corrected chi connectivity index (χ1v) is 6.29. The van der Waals surface area contributed by atoms with Crippen LogP contribution in [0.4, 0.5) is 0 Å². The van der Waals surface area contributed by atoms with Crippen molar-refractivity contribution >= 4 is 5.97 Å².